The normalized spacial score (nSPS) is 35.7. The van der Waals surface area contributed by atoms with E-state index in [4.69, 9.17) is 16.3 Å². The van der Waals surface area contributed by atoms with E-state index in [0.29, 0.717) is 11.8 Å². The lowest BCUT2D eigenvalue weighted by molar-refractivity contribution is 0.208. The Morgan fingerprint density at radius 1 is 1.33 bits per heavy atom. The summed E-state index contributed by atoms with van der Waals surface area (Å²) in [4.78, 5) is -0.193. The van der Waals surface area contributed by atoms with E-state index in [-0.39, 0.29) is 4.87 Å². The number of alkyl halides is 1. The van der Waals surface area contributed by atoms with Crippen LogP contribution >= 0.6 is 21.0 Å². The van der Waals surface area contributed by atoms with Crippen LogP contribution in [0.4, 0.5) is 0 Å². The molecule has 2 bridgehead atoms. The van der Waals surface area contributed by atoms with Crippen molar-refractivity contribution in [1.82, 2.24) is 4.67 Å². The van der Waals surface area contributed by atoms with E-state index in [2.05, 4.69) is 26.2 Å². The Hall–Kier alpha value is -0.300. The fourth-order valence-electron chi connectivity index (χ4n) is 3.58. The third-order valence-corrected chi connectivity index (χ3v) is 5.73. The summed E-state index contributed by atoms with van der Waals surface area (Å²) in [5.74, 6) is 1.99. The molecule has 2 nitrogen and oxygen atoms in total. The van der Waals surface area contributed by atoms with Crippen LogP contribution in [0.15, 0.2) is 24.3 Å². The van der Waals surface area contributed by atoms with Crippen LogP contribution in [0.5, 0.6) is 5.75 Å². The van der Waals surface area contributed by atoms with Crippen molar-refractivity contribution in [2.75, 3.05) is 20.2 Å². The molecule has 0 N–H and O–H groups in total. The van der Waals surface area contributed by atoms with Gasteiger partial charge in [0.25, 0.3) is 0 Å². The zero-order valence-corrected chi connectivity index (χ0v) is 12.5. The number of halogens is 1. The highest BCUT2D eigenvalue weighted by Crippen LogP contribution is 2.56. The molecule has 1 heterocycles. The number of benzene rings is 1. The van der Waals surface area contributed by atoms with Gasteiger partial charge in [-0.2, -0.15) is 0 Å². The molecule has 1 aromatic carbocycles. The van der Waals surface area contributed by atoms with Crippen molar-refractivity contribution in [3.63, 3.8) is 0 Å². The molecule has 1 aromatic rings. The topological polar surface area (TPSA) is 12.5 Å². The molecule has 3 unspecified atom stereocenters. The Labute approximate surface area is 116 Å². The largest absolute Gasteiger partial charge is 0.497 e. The predicted octanol–water partition coefficient (Wildman–Crippen LogP) is 3.26. The van der Waals surface area contributed by atoms with Gasteiger partial charge >= 0.3 is 0 Å². The molecule has 98 valence electrons. The first-order valence-corrected chi connectivity index (χ1v) is 7.37. The first-order valence-electron chi connectivity index (χ1n) is 6.47. The van der Waals surface area contributed by atoms with Crippen LogP contribution in [-0.4, -0.2) is 24.9 Å². The van der Waals surface area contributed by atoms with E-state index < -0.39 is 0 Å². The van der Waals surface area contributed by atoms with Crippen molar-refractivity contribution in [3.05, 3.63) is 29.8 Å². The minimum absolute atomic E-state index is 0.193. The highest BCUT2D eigenvalue weighted by atomic mass is 35.5. The molecule has 4 heteroatoms. The van der Waals surface area contributed by atoms with Gasteiger partial charge in [0.1, 0.15) is 5.75 Å². The van der Waals surface area contributed by atoms with Crippen LogP contribution in [0.2, 0.25) is 0 Å². The summed E-state index contributed by atoms with van der Waals surface area (Å²) in [5, 5.41) is 0. The van der Waals surface area contributed by atoms with E-state index in [9.17, 15) is 0 Å². The predicted molar refractivity (Wildman–Crippen MR) is 78.0 cm³/mol. The van der Waals surface area contributed by atoms with Crippen molar-refractivity contribution >= 4 is 21.0 Å². The maximum atomic E-state index is 7.07. The summed E-state index contributed by atoms with van der Waals surface area (Å²) in [6.07, 6.45) is 2.46. The van der Waals surface area contributed by atoms with Crippen LogP contribution in [0.3, 0.4) is 0 Å². The summed E-state index contributed by atoms with van der Waals surface area (Å²) >= 11 is 7.07. The summed E-state index contributed by atoms with van der Waals surface area (Å²) in [7, 11) is 4.54. The minimum Gasteiger partial charge on any atom is -0.497 e. The third-order valence-electron chi connectivity index (χ3n) is 4.47. The quantitative estimate of drug-likeness (QED) is 0.610. The average Bonchev–Trinajstić information content (AvgIpc) is 2.58. The smallest absolute Gasteiger partial charge is 0.119 e. The van der Waals surface area contributed by atoms with Gasteiger partial charge in [-0.1, -0.05) is 21.5 Å². The second-order valence-corrected chi connectivity index (χ2v) is 6.78. The van der Waals surface area contributed by atoms with Crippen molar-refractivity contribution in [2.45, 2.75) is 17.7 Å². The van der Waals surface area contributed by atoms with E-state index in [1.807, 2.05) is 12.1 Å². The van der Waals surface area contributed by atoms with Crippen LogP contribution in [0.25, 0.3) is 0 Å². The van der Waals surface area contributed by atoms with Crippen molar-refractivity contribution in [1.29, 1.82) is 0 Å². The first kappa shape index (κ1) is 12.7. The molecule has 1 saturated heterocycles. The maximum Gasteiger partial charge on any atom is 0.119 e. The zero-order valence-electron chi connectivity index (χ0n) is 10.6. The molecule has 0 aromatic heterocycles. The number of piperidine rings is 1. The number of nitrogens with zero attached hydrogens (tertiary/aromatic N) is 1. The van der Waals surface area contributed by atoms with Gasteiger partial charge in [0.2, 0.25) is 0 Å². The highest BCUT2D eigenvalue weighted by molar-refractivity contribution is 7.13. The third kappa shape index (κ3) is 1.86. The summed E-state index contributed by atoms with van der Waals surface area (Å²) in [5.41, 5.74) is 1.23. The minimum atomic E-state index is -0.193. The fraction of sp³-hybridized carbons (Fsp3) is 0.571. The van der Waals surface area contributed by atoms with Crippen LogP contribution < -0.4 is 4.74 Å². The molecule has 2 aliphatic rings. The first-order chi connectivity index (χ1) is 8.64. The number of ether oxygens (including phenoxy) is 1. The average molecular weight is 284 g/mol. The van der Waals surface area contributed by atoms with Crippen LogP contribution in [0.1, 0.15) is 18.4 Å². The summed E-state index contributed by atoms with van der Waals surface area (Å²) < 4.78 is 7.67. The van der Waals surface area contributed by atoms with Crippen molar-refractivity contribution < 1.29 is 4.74 Å². The molecule has 1 aliphatic carbocycles. The van der Waals surface area contributed by atoms with Gasteiger partial charge in [-0.3, -0.25) is 4.67 Å². The highest BCUT2D eigenvalue weighted by Gasteiger charge is 2.53. The zero-order chi connectivity index (χ0) is 12.8. The molecule has 1 aliphatic heterocycles. The lowest BCUT2D eigenvalue weighted by atomic mass is 9.79. The lowest BCUT2D eigenvalue weighted by Crippen LogP contribution is -2.45. The van der Waals surface area contributed by atoms with E-state index in [0.717, 1.165) is 18.8 Å². The Bertz CT molecular complexity index is 439. The molecule has 18 heavy (non-hydrogen) atoms. The number of methoxy groups -OCH3 is 1. The van der Waals surface area contributed by atoms with Crippen molar-refractivity contribution in [2.24, 2.45) is 11.8 Å². The van der Waals surface area contributed by atoms with Crippen molar-refractivity contribution in [3.8, 4) is 5.75 Å². The maximum absolute atomic E-state index is 7.07. The number of hydrogen-bond acceptors (Lipinski definition) is 2. The Kier molecular flexibility index (Phi) is 3.30. The summed E-state index contributed by atoms with van der Waals surface area (Å²) in [6, 6.07) is 8.29. The number of rotatable bonds is 2. The van der Waals surface area contributed by atoms with Gasteiger partial charge in [0, 0.05) is 13.1 Å². The van der Waals surface area contributed by atoms with E-state index in [1.165, 1.54) is 18.4 Å². The van der Waals surface area contributed by atoms with Gasteiger partial charge in [-0.05, 0) is 42.4 Å². The van der Waals surface area contributed by atoms with Gasteiger partial charge < -0.3 is 4.74 Å². The summed E-state index contributed by atoms with van der Waals surface area (Å²) in [6.45, 7) is 2.14. The molecule has 1 saturated carbocycles. The lowest BCUT2D eigenvalue weighted by Gasteiger charge is -2.43. The molecule has 2 fully saturated rings. The molecule has 0 spiro atoms. The van der Waals surface area contributed by atoms with Gasteiger partial charge in [-0.25, -0.2) is 0 Å². The second kappa shape index (κ2) is 4.67. The van der Waals surface area contributed by atoms with E-state index in [1.54, 1.807) is 7.11 Å². The van der Waals surface area contributed by atoms with E-state index >= 15 is 0 Å². The Morgan fingerprint density at radius 2 is 2.00 bits per heavy atom. The number of hydrogen-bond donors (Lipinski definition) is 0. The molecule has 0 amide bonds. The van der Waals surface area contributed by atoms with Gasteiger partial charge in [0.15, 0.2) is 0 Å². The van der Waals surface area contributed by atoms with Crippen LogP contribution in [-0.2, 0) is 4.87 Å². The number of fused-ring (bicyclic) bond motifs is 2. The monoisotopic (exact) mass is 283 g/mol. The Balaban J connectivity index is 1.99. The molecular formula is C14H19ClNOP. The van der Waals surface area contributed by atoms with Crippen LogP contribution in [0, 0.1) is 11.8 Å². The standard InChI is InChI=1S/C14H19ClNOP/c1-17-13-4-2-3-10(7-13)14(15)11-5-6-12(14)9-16(18)8-11/h2-4,7,11-12H,5-6,8-9,18H2,1H3. The van der Waals surface area contributed by atoms with Gasteiger partial charge in [0.05, 0.1) is 12.0 Å². The SMILES string of the molecule is COc1cccc(C2(Cl)C3CCC2CN(P)C3)c1. The molecule has 3 rings (SSSR count). The van der Waals surface area contributed by atoms with Gasteiger partial charge in [-0.15, -0.1) is 11.6 Å². The Morgan fingerprint density at radius 3 is 2.61 bits per heavy atom. The molecule has 0 radical (unpaired) electrons. The molecule has 3 atom stereocenters. The molecular weight excluding hydrogens is 265 g/mol. The fourth-order valence-corrected chi connectivity index (χ4v) is 4.56. The second-order valence-electron chi connectivity index (χ2n) is 5.43.